The Bertz CT molecular complexity index is 494. The molecule has 1 aliphatic rings. The number of guanidine groups is 1. The van der Waals surface area contributed by atoms with Gasteiger partial charge in [0.15, 0.2) is 17.5 Å². The molecule has 7 heteroatoms. The highest BCUT2D eigenvalue weighted by molar-refractivity contribution is 14.0. The van der Waals surface area contributed by atoms with Gasteiger partial charge in [0.2, 0.25) is 0 Å². The van der Waals surface area contributed by atoms with Gasteiger partial charge in [-0.2, -0.15) is 0 Å². The number of ether oxygens (including phenoxy) is 1. The summed E-state index contributed by atoms with van der Waals surface area (Å²) in [7, 11) is 0. The summed E-state index contributed by atoms with van der Waals surface area (Å²) in [5.41, 5.74) is 5.79. The van der Waals surface area contributed by atoms with E-state index in [-0.39, 0.29) is 36.3 Å². The van der Waals surface area contributed by atoms with Crippen LogP contribution in [0.5, 0.6) is 5.75 Å². The average molecular weight is 425 g/mol. The summed E-state index contributed by atoms with van der Waals surface area (Å²) in [4.78, 5) is 4.14. The zero-order valence-corrected chi connectivity index (χ0v) is 14.7. The molecule has 1 aromatic carbocycles. The van der Waals surface area contributed by atoms with E-state index in [0.29, 0.717) is 18.5 Å². The minimum atomic E-state index is -0.715. The van der Waals surface area contributed by atoms with Crippen LogP contribution in [0.2, 0.25) is 0 Å². The first-order chi connectivity index (χ1) is 10.1. The Morgan fingerprint density at radius 3 is 2.68 bits per heavy atom. The van der Waals surface area contributed by atoms with E-state index in [9.17, 15) is 8.78 Å². The van der Waals surface area contributed by atoms with E-state index in [4.69, 9.17) is 10.5 Å². The van der Waals surface area contributed by atoms with Crippen molar-refractivity contribution in [2.75, 3.05) is 13.2 Å². The number of hydrogen-bond acceptors (Lipinski definition) is 2. The minimum Gasteiger partial charge on any atom is -0.489 e. The number of nitrogens with two attached hydrogens (primary N) is 1. The van der Waals surface area contributed by atoms with Crippen LogP contribution < -0.4 is 15.8 Å². The summed E-state index contributed by atoms with van der Waals surface area (Å²) < 4.78 is 31.2. The Hall–Kier alpha value is -1.12. The van der Waals surface area contributed by atoms with Crippen LogP contribution in [0.3, 0.4) is 0 Å². The van der Waals surface area contributed by atoms with Crippen molar-refractivity contribution in [3.05, 3.63) is 29.8 Å². The normalized spacial score (nSPS) is 16.0. The second-order valence-electron chi connectivity index (χ2n) is 5.17. The molecule has 1 aliphatic carbocycles. The topological polar surface area (TPSA) is 59.6 Å². The second kappa shape index (κ2) is 9.81. The molecule has 2 rings (SSSR count). The molecule has 1 saturated carbocycles. The lowest BCUT2D eigenvalue weighted by molar-refractivity contribution is 0.310. The molecule has 1 aromatic rings. The second-order valence-corrected chi connectivity index (χ2v) is 5.17. The maximum atomic E-state index is 13.3. The Kier molecular flexibility index (Phi) is 8.44. The Labute approximate surface area is 146 Å². The van der Waals surface area contributed by atoms with Gasteiger partial charge in [0, 0.05) is 12.1 Å². The molecule has 0 aliphatic heterocycles. The fourth-order valence-corrected chi connectivity index (χ4v) is 2.42. The minimum absolute atomic E-state index is 0. The molecule has 0 atom stereocenters. The summed E-state index contributed by atoms with van der Waals surface area (Å²) in [6.45, 7) is 0.512. The lowest BCUT2D eigenvalue weighted by atomic mass is 9.96. The first kappa shape index (κ1) is 18.9. The number of hydrogen-bond donors (Lipinski definition) is 2. The number of nitrogens with one attached hydrogen (secondary N) is 1. The first-order valence-electron chi connectivity index (χ1n) is 7.29. The van der Waals surface area contributed by atoms with Crippen molar-refractivity contribution >= 4 is 29.9 Å². The van der Waals surface area contributed by atoms with Gasteiger partial charge >= 0.3 is 0 Å². The van der Waals surface area contributed by atoms with Gasteiger partial charge in [-0.05, 0) is 25.0 Å². The molecule has 22 heavy (non-hydrogen) atoms. The van der Waals surface area contributed by atoms with Crippen LogP contribution >= 0.6 is 24.0 Å². The lowest BCUT2D eigenvalue weighted by Gasteiger charge is -2.23. The van der Waals surface area contributed by atoms with E-state index in [0.717, 1.165) is 25.0 Å². The summed E-state index contributed by atoms with van der Waals surface area (Å²) in [5, 5.41) is 3.18. The van der Waals surface area contributed by atoms with Crippen LogP contribution in [0.1, 0.15) is 32.1 Å². The monoisotopic (exact) mass is 425 g/mol. The van der Waals surface area contributed by atoms with Gasteiger partial charge in [0.1, 0.15) is 12.4 Å². The highest BCUT2D eigenvalue weighted by atomic mass is 127. The van der Waals surface area contributed by atoms with E-state index in [1.54, 1.807) is 0 Å². The van der Waals surface area contributed by atoms with Crippen molar-refractivity contribution in [3.63, 3.8) is 0 Å². The molecule has 0 radical (unpaired) electrons. The third-order valence-electron chi connectivity index (χ3n) is 3.48. The summed E-state index contributed by atoms with van der Waals surface area (Å²) in [6, 6.07) is 3.61. The van der Waals surface area contributed by atoms with Gasteiger partial charge in [-0.25, -0.2) is 13.8 Å². The van der Waals surface area contributed by atoms with E-state index < -0.39 is 11.6 Å². The number of aliphatic imine (C=N–C) groups is 1. The maximum absolute atomic E-state index is 13.3. The average Bonchev–Trinajstić information content (AvgIpc) is 2.46. The molecule has 3 N–H and O–H groups in total. The van der Waals surface area contributed by atoms with Gasteiger partial charge in [0.05, 0.1) is 6.54 Å². The summed E-state index contributed by atoms with van der Waals surface area (Å²) >= 11 is 0. The van der Waals surface area contributed by atoms with Gasteiger partial charge in [0.25, 0.3) is 0 Å². The predicted molar refractivity (Wildman–Crippen MR) is 93.8 cm³/mol. The predicted octanol–water partition coefficient (Wildman–Crippen LogP) is 3.20. The molecule has 4 nitrogen and oxygen atoms in total. The van der Waals surface area contributed by atoms with Crippen molar-refractivity contribution in [1.82, 2.24) is 5.32 Å². The van der Waals surface area contributed by atoms with Crippen molar-refractivity contribution in [2.45, 2.75) is 38.1 Å². The van der Waals surface area contributed by atoms with Crippen LogP contribution in [-0.4, -0.2) is 25.2 Å². The van der Waals surface area contributed by atoms with Crippen LogP contribution in [-0.2, 0) is 0 Å². The van der Waals surface area contributed by atoms with Crippen molar-refractivity contribution in [2.24, 2.45) is 10.7 Å². The largest absolute Gasteiger partial charge is 0.489 e. The molecule has 0 unspecified atom stereocenters. The van der Waals surface area contributed by atoms with Gasteiger partial charge in [-0.15, -0.1) is 24.0 Å². The third kappa shape index (κ3) is 6.33. The molecular weight excluding hydrogens is 403 g/mol. The van der Waals surface area contributed by atoms with Crippen molar-refractivity contribution in [1.29, 1.82) is 0 Å². The third-order valence-corrected chi connectivity index (χ3v) is 3.48. The molecule has 1 fully saturated rings. The quantitative estimate of drug-likeness (QED) is 0.330. The van der Waals surface area contributed by atoms with Gasteiger partial charge < -0.3 is 15.8 Å². The lowest BCUT2D eigenvalue weighted by Crippen LogP contribution is -2.41. The first-order valence-corrected chi connectivity index (χ1v) is 7.29. The van der Waals surface area contributed by atoms with Crippen LogP contribution in [0, 0.1) is 11.6 Å². The molecule has 124 valence electrons. The summed E-state index contributed by atoms with van der Waals surface area (Å²) in [6.07, 6.45) is 5.96. The summed E-state index contributed by atoms with van der Waals surface area (Å²) in [5.74, 6) is -0.929. The van der Waals surface area contributed by atoms with E-state index >= 15 is 0 Å². The van der Waals surface area contributed by atoms with Crippen molar-refractivity contribution < 1.29 is 13.5 Å². The maximum Gasteiger partial charge on any atom is 0.188 e. The van der Waals surface area contributed by atoms with Crippen LogP contribution in [0.15, 0.2) is 23.2 Å². The van der Waals surface area contributed by atoms with Gasteiger partial charge in [-0.3, -0.25) is 0 Å². The fourth-order valence-electron chi connectivity index (χ4n) is 2.42. The molecular formula is C15H22F2IN3O. The van der Waals surface area contributed by atoms with E-state index in [1.807, 2.05) is 0 Å². The molecule has 0 spiro atoms. The smallest absolute Gasteiger partial charge is 0.188 e. The zero-order chi connectivity index (χ0) is 15.1. The van der Waals surface area contributed by atoms with E-state index in [1.165, 1.54) is 25.3 Å². The number of halogens is 3. The number of rotatable bonds is 5. The Morgan fingerprint density at radius 1 is 1.27 bits per heavy atom. The Morgan fingerprint density at radius 2 is 2.00 bits per heavy atom. The fraction of sp³-hybridized carbons (Fsp3) is 0.533. The highest BCUT2D eigenvalue weighted by Gasteiger charge is 2.13. The van der Waals surface area contributed by atoms with Crippen molar-refractivity contribution in [3.8, 4) is 5.75 Å². The molecule has 0 amide bonds. The number of benzene rings is 1. The molecule has 0 heterocycles. The van der Waals surface area contributed by atoms with Gasteiger partial charge in [-0.1, -0.05) is 19.3 Å². The Balaban J connectivity index is 0.00000242. The molecule has 0 bridgehead atoms. The SMILES string of the molecule is I.NC(=NCCOc1ccc(F)cc1F)NC1CCCCC1. The van der Waals surface area contributed by atoms with E-state index in [2.05, 4.69) is 10.3 Å². The molecule has 0 aromatic heterocycles. The van der Waals surface area contributed by atoms with Crippen LogP contribution in [0.4, 0.5) is 8.78 Å². The zero-order valence-electron chi connectivity index (χ0n) is 12.4. The molecule has 0 saturated heterocycles. The standard InChI is InChI=1S/C15H21F2N3O.HI/c16-11-6-7-14(13(17)10-11)21-9-8-19-15(18)20-12-4-2-1-3-5-12;/h6-7,10,12H,1-5,8-9H2,(H3,18,19,20);1H. The number of nitrogens with zero attached hydrogens (tertiary/aromatic N) is 1. The van der Waals surface area contributed by atoms with Crippen LogP contribution in [0.25, 0.3) is 0 Å². The highest BCUT2D eigenvalue weighted by Crippen LogP contribution is 2.18.